The molecule has 0 fully saturated rings. The minimum Gasteiger partial charge on any atom is -0.352 e. The van der Waals surface area contributed by atoms with Crippen molar-refractivity contribution in [2.45, 2.75) is 13.0 Å². The number of urea groups is 1. The van der Waals surface area contributed by atoms with Crippen LogP contribution in [0.25, 0.3) is 5.69 Å². The van der Waals surface area contributed by atoms with E-state index in [1.807, 2.05) is 43.5 Å². The van der Waals surface area contributed by atoms with Gasteiger partial charge < -0.3 is 16.4 Å². The van der Waals surface area contributed by atoms with Gasteiger partial charge in [0.25, 0.3) is 0 Å². The number of carbonyl (C=O) groups is 2. The zero-order valence-electron chi connectivity index (χ0n) is 11.6. The first-order valence-electron chi connectivity index (χ1n) is 6.49. The van der Waals surface area contributed by atoms with Gasteiger partial charge in [-0.1, -0.05) is 18.2 Å². The number of primary amides is 1. The van der Waals surface area contributed by atoms with Gasteiger partial charge in [0.15, 0.2) is 0 Å². The van der Waals surface area contributed by atoms with Crippen molar-refractivity contribution in [3.63, 3.8) is 0 Å². The van der Waals surface area contributed by atoms with Crippen molar-refractivity contribution in [3.8, 4) is 5.69 Å². The number of aromatic nitrogens is 2. The summed E-state index contributed by atoms with van der Waals surface area (Å²) in [5.41, 5.74) is 6.74. The molecule has 7 nitrogen and oxygen atoms in total. The van der Waals surface area contributed by atoms with Crippen LogP contribution in [0.4, 0.5) is 4.79 Å². The lowest BCUT2D eigenvalue weighted by Gasteiger charge is -2.18. The van der Waals surface area contributed by atoms with Crippen molar-refractivity contribution in [2.75, 3.05) is 6.54 Å². The summed E-state index contributed by atoms with van der Waals surface area (Å²) in [6.07, 6.45) is 3.53. The molecule has 21 heavy (non-hydrogen) atoms. The molecule has 1 heterocycles. The van der Waals surface area contributed by atoms with Crippen LogP contribution in [0.3, 0.4) is 0 Å². The number of hydrogen-bond donors (Lipinski definition) is 3. The van der Waals surface area contributed by atoms with E-state index in [1.54, 1.807) is 10.9 Å². The topological polar surface area (TPSA) is 102 Å². The van der Waals surface area contributed by atoms with Crippen LogP contribution in [-0.4, -0.2) is 28.3 Å². The maximum atomic E-state index is 11.7. The molecular weight excluding hydrogens is 270 g/mol. The van der Waals surface area contributed by atoms with Gasteiger partial charge in [0, 0.05) is 12.4 Å². The Morgan fingerprint density at radius 2 is 2.10 bits per heavy atom. The van der Waals surface area contributed by atoms with Gasteiger partial charge >= 0.3 is 6.03 Å². The third kappa shape index (κ3) is 3.82. The summed E-state index contributed by atoms with van der Waals surface area (Å²) in [7, 11) is 0. The van der Waals surface area contributed by atoms with Crippen LogP contribution in [0.1, 0.15) is 18.5 Å². The molecule has 1 aromatic heterocycles. The van der Waals surface area contributed by atoms with Gasteiger partial charge in [-0.05, 0) is 24.6 Å². The highest BCUT2D eigenvalue weighted by molar-refractivity contribution is 5.83. The molecule has 0 saturated carbocycles. The lowest BCUT2D eigenvalue weighted by atomic mass is 10.1. The Morgan fingerprint density at radius 1 is 1.33 bits per heavy atom. The number of benzene rings is 1. The van der Waals surface area contributed by atoms with Crippen LogP contribution in [0, 0.1) is 0 Å². The van der Waals surface area contributed by atoms with E-state index in [-0.39, 0.29) is 18.5 Å². The fourth-order valence-corrected chi connectivity index (χ4v) is 2.01. The van der Waals surface area contributed by atoms with Gasteiger partial charge in [0.05, 0.1) is 18.3 Å². The monoisotopic (exact) mass is 287 g/mol. The third-order valence-electron chi connectivity index (χ3n) is 2.96. The summed E-state index contributed by atoms with van der Waals surface area (Å²) >= 11 is 0. The fraction of sp³-hybridized carbons (Fsp3) is 0.214. The number of amides is 3. The van der Waals surface area contributed by atoms with E-state index < -0.39 is 6.03 Å². The average molecular weight is 287 g/mol. The van der Waals surface area contributed by atoms with E-state index in [0.29, 0.717) is 0 Å². The molecular formula is C14H17N5O2. The molecule has 4 N–H and O–H groups in total. The Morgan fingerprint density at radius 3 is 2.76 bits per heavy atom. The Kier molecular flexibility index (Phi) is 4.55. The van der Waals surface area contributed by atoms with Gasteiger partial charge in [-0.15, -0.1) is 0 Å². The first-order valence-corrected chi connectivity index (χ1v) is 6.49. The Labute approximate surface area is 122 Å². The smallest absolute Gasteiger partial charge is 0.312 e. The predicted octanol–water partition coefficient (Wildman–Crippen LogP) is 0.718. The highest BCUT2D eigenvalue weighted by Crippen LogP contribution is 2.20. The summed E-state index contributed by atoms with van der Waals surface area (Å²) in [6.45, 7) is 1.72. The van der Waals surface area contributed by atoms with Crippen LogP contribution < -0.4 is 16.4 Å². The minimum absolute atomic E-state index is 0.149. The molecule has 7 heteroatoms. The zero-order chi connectivity index (χ0) is 15.2. The van der Waals surface area contributed by atoms with Gasteiger partial charge in [0.2, 0.25) is 5.91 Å². The standard InChI is InChI=1S/C14H17N5O2/c1-10(18-13(20)9-16-14(15)21)11-5-2-3-6-12(11)19-8-4-7-17-19/h2-8,10H,9H2,1H3,(H,18,20)(H3,15,16,21)/t10-/m1/s1. The lowest BCUT2D eigenvalue weighted by Crippen LogP contribution is -2.40. The summed E-state index contributed by atoms with van der Waals surface area (Å²) in [4.78, 5) is 22.3. The van der Waals surface area contributed by atoms with Crippen LogP contribution >= 0.6 is 0 Å². The van der Waals surface area contributed by atoms with Gasteiger partial charge in [-0.3, -0.25) is 4.79 Å². The molecule has 2 rings (SSSR count). The van der Waals surface area contributed by atoms with E-state index >= 15 is 0 Å². The molecule has 0 unspecified atom stereocenters. The molecule has 0 aliphatic rings. The van der Waals surface area contributed by atoms with E-state index in [0.717, 1.165) is 11.3 Å². The number of nitrogens with zero attached hydrogens (tertiary/aromatic N) is 2. The van der Waals surface area contributed by atoms with E-state index in [9.17, 15) is 9.59 Å². The number of nitrogens with two attached hydrogens (primary N) is 1. The number of hydrogen-bond acceptors (Lipinski definition) is 3. The van der Waals surface area contributed by atoms with Crippen molar-refractivity contribution in [3.05, 3.63) is 48.3 Å². The Bertz CT molecular complexity index is 624. The van der Waals surface area contributed by atoms with Gasteiger partial charge in [-0.2, -0.15) is 5.10 Å². The number of para-hydroxylation sites is 1. The van der Waals surface area contributed by atoms with Crippen molar-refractivity contribution in [1.82, 2.24) is 20.4 Å². The first-order chi connectivity index (χ1) is 10.1. The maximum Gasteiger partial charge on any atom is 0.312 e. The molecule has 2 aromatic rings. The van der Waals surface area contributed by atoms with E-state index in [4.69, 9.17) is 5.73 Å². The predicted molar refractivity (Wildman–Crippen MR) is 77.7 cm³/mol. The molecule has 0 spiro atoms. The summed E-state index contributed by atoms with van der Waals surface area (Å²) in [6, 6.07) is 8.52. The van der Waals surface area contributed by atoms with Crippen LogP contribution in [0.5, 0.6) is 0 Å². The van der Waals surface area contributed by atoms with Gasteiger partial charge in [0.1, 0.15) is 0 Å². The second-order valence-electron chi connectivity index (χ2n) is 4.52. The van der Waals surface area contributed by atoms with Crippen molar-refractivity contribution in [1.29, 1.82) is 0 Å². The molecule has 110 valence electrons. The van der Waals surface area contributed by atoms with Crippen molar-refractivity contribution < 1.29 is 9.59 Å². The second-order valence-corrected chi connectivity index (χ2v) is 4.52. The molecule has 0 aliphatic carbocycles. The Balaban J connectivity index is 2.11. The normalized spacial score (nSPS) is 11.7. The van der Waals surface area contributed by atoms with Crippen molar-refractivity contribution in [2.24, 2.45) is 5.73 Å². The highest BCUT2D eigenvalue weighted by Gasteiger charge is 2.14. The summed E-state index contributed by atoms with van der Waals surface area (Å²) in [5, 5.41) is 9.26. The van der Waals surface area contributed by atoms with E-state index in [2.05, 4.69) is 15.7 Å². The quantitative estimate of drug-likeness (QED) is 0.755. The SMILES string of the molecule is C[C@@H](NC(=O)CNC(N)=O)c1ccccc1-n1cccn1. The van der Waals surface area contributed by atoms with Crippen LogP contribution in [0.15, 0.2) is 42.7 Å². The lowest BCUT2D eigenvalue weighted by molar-refractivity contribution is -0.120. The van der Waals surface area contributed by atoms with E-state index in [1.165, 1.54) is 0 Å². The molecule has 1 atom stereocenters. The number of nitrogens with one attached hydrogen (secondary N) is 2. The summed E-state index contributed by atoms with van der Waals surface area (Å²) in [5.74, 6) is -0.309. The molecule has 0 radical (unpaired) electrons. The average Bonchev–Trinajstić information content (AvgIpc) is 2.99. The molecule has 1 aromatic carbocycles. The largest absolute Gasteiger partial charge is 0.352 e. The maximum absolute atomic E-state index is 11.7. The number of rotatable bonds is 5. The second kappa shape index (κ2) is 6.56. The zero-order valence-corrected chi connectivity index (χ0v) is 11.6. The third-order valence-corrected chi connectivity index (χ3v) is 2.96. The molecule has 3 amide bonds. The van der Waals surface area contributed by atoms with Gasteiger partial charge in [-0.25, -0.2) is 9.48 Å². The van der Waals surface area contributed by atoms with Crippen LogP contribution in [-0.2, 0) is 4.79 Å². The molecule has 0 aliphatic heterocycles. The minimum atomic E-state index is -0.727. The molecule has 0 bridgehead atoms. The Hall–Kier alpha value is -2.83. The first kappa shape index (κ1) is 14.6. The molecule has 0 saturated heterocycles. The van der Waals surface area contributed by atoms with Crippen LogP contribution in [0.2, 0.25) is 0 Å². The van der Waals surface area contributed by atoms with Crippen molar-refractivity contribution >= 4 is 11.9 Å². The highest BCUT2D eigenvalue weighted by atomic mass is 16.2. The summed E-state index contributed by atoms with van der Waals surface area (Å²) < 4.78 is 1.74. The fourth-order valence-electron chi connectivity index (χ4n) is 2.01. The number of carbonyl (C=O) groups excluding carboxylic acids is 2.